The molecular formula is C13H13BrF3NO4. The van der Waals surface area contributed by atoms with Crippen molar-refractivity contribution in [3.63, 3.8) is 0 Å². The maximum absolute atomic E-state index is 11.9. The highest BCUT2D eigenvalue weighted by Crippen LogP contribution is 2.21. The third-order valence-electron chi connectivity index (χ3n) is 2.46. The van der Waals surface area contributed by atoms with E-state index >= 15 is 0 Å². The Balaban J connectivity index is 2.65. The molecule has 22 heavy (non-hydrogen) atoms. The molecule has 9 heteroatoms. The lowest BCUT2D eigenvalue weighted by Crippen LogP contribution is -2.34. The lowest BCUT2D eigenvalue weighted by molar-refractivity contribution is -0.175. The summed E-state index contributed by atoms with van der Waals surface area (Å²) in [6.07, 6.45) is -4.92. The highest BCUT2D eigenvalue weighted by Gasteiger charge is 2.28. The molecule has 1 aromatic rings. The first-order valence-electron chi connectivity index (χ1n) is 6.08. The van der Waals surface area contributed by atoms with Crippen LogP contribution in [0.15, 0.2) is 28.7 Å². The van der Waals surface area contributed by atoms with Gasteiger partial charge in [-0.2, -0.15) is 13.2 Å². The predicted octanol–water partition coefficient (Wildman–Crippen LogP) is 2.66. The monoisotopic (exact) mass is 383 g/mol. The summed E-state index contributed by atoms with van der Waals surface area (Å²) in [5.74, 6) is -1.98. The van der Waals surface area contributed by atoms with Gasteiger partial charge in [-0.3, -0.25) is 9.59 Å². The average molecular weight is 384 g/mol. The number of aliphatic carboxylic acids is 1. The molecule has 0 radical (unpaired) electrons. The van der Waals surface area contributed by atoms with E-state index in [1.165, 1.54) is 0 Å². The van der Waals surface area contributed by atoms with Crippen LogP contribution in [0.5, 0.6) is 0 Å². The number of carboxylic acid groups (broad SMARTS) is 1. The fourth-order valence-electron chi connectivity index (χ4n) is 1.65. The standard InChI is InChI=1S/C13H13BrF3NO4/c14-9-3-1-2-8(4-9)10(5-12(20)21)18-11(19)6-22-7-13(15,16)17/h1-4,10H,5-7H2,(H,18,19)(H,20,21). The van der Waals surface area contributed by atoms with Crippen LogP contribution in [0.4, 0.5) is 13.2 Å². The molecule has 0 saturated heterocycles. The summed E-state index contributed by atoms with van der Waals surface area (Å²) >= 11 is 3.22. The Kier molecular flexibility index (Phi) is 6.82. The summed E-state index contributed by atoms with van der Waals surface area (Å²) in [4.78, 5) is 22.4. The van der Waals surface area contributed by atoms with E-state index in [9.17, 15) is 22.8 Å². The summed E-state index contributed by atoms with van der Waals surface area (Å²) < 4.78 is 40.6. The third kappa shape index (κ3) is 7.41. The van der Waals surface area contributed by atoms with Crippen LogP contribution < -0.4 is 5.32 Å². The zero-order chi connectivity index (χ0) is 16.8. The molecule has 0 bridgehead atoms. The quantitative estimate of drug-likeness (QED) is 0.758. The van der Waals surface area contributed by atoms with Gasteiger partial charge in [0.05, 0.1) is 12.5 Å². The molecule has 0 fully saturated rings. The van der Waals surface area contributed by atoms with Crippen LogP contribution in [-0.4, -0.2) is 36.4 Å². The molecule has 0 spiro atoms. The molecule has 0 aliphatic heterocycles. The summed E-state index contributed by atoms with van der Waals surface area (Å²) in [5, 5.41) is 11.2. The van der Waals surface area contributed by atoms with E-state index < -0.39 is 43.7 Å². The molecule has 122 valence electrons. The van der Waals surface area contributed by atoms with Crippen LogP contribution in [-0.2, 0) is 14.3 Å². The van der Waals surface area contributed by atoms with Crippen LogP contribution in [0.1, 0.15) is 18.0 Å². The number of alkyl halides is 3. The zero-order valence-electron chi connectivity index (χ0n) is 11.2. The number of hydrogen-bond donors (Lipinski definition) is 2. The lowest BCUT2D eigenvalue weighted by atomic mass is 10.0. The van der Waals surface area contributed by atoms with Gasteiger partial charge in [0.25, 0.3) is 0 Å². The van der Waals surface area contributed by atoms with Crippen molar-refractivity contribution < 1.29 is 32.6 Å². The van der Waals surface area contributed by atoms with Crippen molar-refractivity contribution in [1.82, 2.24) is 5.32 Å². The van der Waals surface area contributed by atoms with Crippen LogP contribution >= 0.6 is 15.9 Å². The summed E-state index contributed by atoms with van der Waals surface area (Å²) in [6, 6.07) is 5.73. The molecule has 0 aromatic heterocycles. The molecule has 1 rings (SSSR count). The Morgan fingerprint density at radius 1 is 1.36 bits per heavy atom. The van der Waals surface area contributed by atoms with E-state index in [1.807, 2.05) is 0 Å². The normalized spacial score (nSPS) is 12.7. The second kappa shape index (κ2) is 8.14. The van der Waals surface area contributed by atoms with Crippen molar-refractivity contribution in [1.29, 1.82) is 0 Å². The van der Waals surface area contributed by atoms with Gasteiger partial charge in [0, 0.05) is 4.47 Å². The second-order valence-corrected chi connectivity index (χ2v) is 5.30. The van der Waals surface area contributed by atoms with Crippen molar-refractivity contribution in [3.05, 3.63) is 34.3 Å². The van der Waals surface area contributed by atoms with Crippen molar-refractivity contribution in [2.75, 3.05) is 13.2 Å². The van der Waals surface area contributed by atoms with E-state index in [0.29, 0.717) is 10.0 Å². The molecule has 1 unspecified atom stereocenters. The number of carboxylic acids is 1. The average Bonchev–Trinajstić information content (AvgIpc) is 2.35. The largest absolute Gasteiger partial charge is 0.481 e. The van der Waals surface area contributed by atoms with Crippen LogP contribution in [0.3, 0.4) is 0 Å². The van der Waals surface area contributed by atoms with Crippen molar-refractivity contribution in [3.8, 4) is 0 Å². The second-order valence-electron chi connectivity index (χ2n) is 4.38. The number of carbonyl (C=O) groups is 2. The fourth-order valence-corrected chi connectivity index (χ4v) is 2.06. The maximum Gasteiger partial charge on any atom is 0.411 e. The fraction of sp³-hybridized carbons (Fsp3) is 0.385. The highest BCUT2D eigenvalue weighted by atomic mass is 79.9. The molecule has 5 nitrogen and oxygen atoms in total. The molecule has 0 aliphatic rings. The number of nitrogens with one attached hydrogen (secondary N) is 1. The number of hydrogen-bond acceptors (Lipinski definition) is 3. The van der Waals surface area contributed by atoms with Gasteiger partial charge in [0.15, 0.2) is 0 Å². The number of benzene rings is 1. The molecule has 2 N–H and O–H groups in total. The molecular weight excluding hydrogens is 371 g/mol. The minimum atomic E-state index is -4.52. The van der Waals surface area contributed by atoms with Gasteiger partial charge in [-0.1, -0.05) is 28.1 Å². The van der Waals surface area contributed by atoms with E-state index in [0.717, 1.165) is 0 Å². The minimum absolute atomic E-state index is 0.401. The zero-order valence-corrected chi connectivity index (χ0v) is 12.8. The van der Waals surface area contributed by atoms with Gasteiger partial charge in [-0.25, -0.2) is 0 Å². The Labute approximate surface area is 132 Å². The minimum Gasteiger partial charge on any atom is -0.481 e. The highest BCUT2D eigenvalue weighted by molar-refractivity contribution is 9.10. The Bertz CT molecular complexity index is 536. The van der Waals surface area contributed by atoms with Crippen LogP contribution in [0.25, 0.3) is 0 Å². The van der Waals surface area contributed by atoms with Gasteiger partial charge >= 0.3 is 12.1 Å². The van der Waals surface area contributed by atoms with Gasteiger partial charge in [-0.15, -0.1) is 0 Å². The van der Waals surface area contributed by atoms with E-state index in [1.54, 1.807) is 24.3 Å². The van der Waals surface area contributed by atoms with Gasteiger partial charge in [-0.05, 0) is 17.7 Å². The van der Waals surface area contributed by atoms with Gasteiger partial charge in [0.1, 0.15) is 13.2 Å². The Hall–Kier alpha value is -1.61. The molecule has 0 saturated carbocycles. The first kappa shape index (κ1) is 18.4. The Morgan fingerprint density at radius 2 is 2.05 bits per heavy atom. The van der Waals surface area contributed by atoms with Crippen molar-refractivity contribution in [2.24, 2.45) is 0 Å². The number of ether oxygens (including phenoxy) is 1. The SMILES string of the molecule is O=C(O)CC(NC(=O)COCC(F)(F)F)c1cccc(Br)c1. The molecule has 1 atom stereocenters. The third-order valence-corrected chi connectivity index (χ3v) is 2.96. The molecule has 0 heterocycles. The van der Waals surface area contributed by atoms with Crippen LogP contribution in [0.2, 0.25) is 0 Å². The van der Waals surface area contributed by atoms with Crippen molar-refractivity contribution in [2.45, 2.75) is 18.6 Å². The molecule has 1 aromatic carbocycles. The number of carbonyl (C=O) groups excluding carboxylic acids is 1. The smallest absolute Gasteiger partial charge is 0.411 e. The predicted molar refractivity (Wildman–Crippen MR) is 74.2 cm³/mol. The van der Waals surface area contributed by atoms with Crippen LogP contribution in [0, 0.1) is 0 Å². The first-order chi connectivity index (χ1) is 10.2. The molecule has 0 aliphatic carbocycles. The maximum atomic E-state index is 11.9. The van der Waals surface area contributed by atoms with E-state index in [4.69, 9.17) is 5.11 Å². The molecule has 1 amide bonds. The number of amides is 1. The van der Waals surface area contributed by atoms with Crippen molar-refractivity contribution >= 4 is 27.8 Å². The number of rotatable bonds is 7. The summed E-state index contributed by atoms with van der Waals surface area (Å²) in [6.45, 7) is -2.34. The first-order valence-corrected chi connectivity index (χ1v) is 6.88. The summed E-state index contributed by atoms with van der Waals surface area (Å²) in [7, 11) is 0. The van der Waals surface area contributed by atoms with Gasteiger partial charge < -0.3 is 15.2 Å². The van der Waals surface area contributed by atoms with Gasteiger partial charge in [0.2, 0.25) is 5.91 Å². The number of halogens is 4. The van der Waals surface area contributed by atoms with E-state index in [2.05, 4.69) is 26.0 Å². The lowest BCUT2D eigenvalue weighted by Gasteiger charge is -2.18. The van der Waals surface area contributed by atoms with E-state index in [-0.39, 0.29) is 0 Å². The summed E-state index contributed by atoms with van der Waals surface area (Å²) in [5.41, 5.74) is 0.515. The topological polar surface area (TPSA) is 75.6 Å². The Morgan fingerprint density at radius 3 is 2.59 bits per heavy atom.